The van der Waals surface area contributed by atoms with E-state index in [2.05, 4.69) is 4.98 Å². The highest BCUT2D eigenvalue weighted by molar-refractivity contribution is 6.08. The SMILES string of the molecule is COc1ccc2c(c1)CCN(C(=O)c1c(C)[nH]c3ccc(F)cc13)C2C. The lowest BCUT2D eigenvalue weighted by Crippen LogP contribution is -2.39. The number of aromatic amines is 1. The first-order valence-corrected chi connectivity index (χ1v) is 8.75. The van der Waals surface area contributed by atoms with Gasteiger partial charge < -0.3 is 14.6 Å². The molecule has 0 saturated heterocycles. The standard InChI is InChI=1S/C21H21FN2O2/c1-12-20(18-11-15(22)4-7-19(18)23-12)21(25)24-9-8-14-10-16(26-3)5-6-17(14)13(24)2/h4-7,10-11,13,23H,8-9H2,1-3H3. The summed E-state index contributed by atoms with van der Waals surface area (Å²) in [5, 5.41) is 0.639. The molecule has 2 heterocycles. The van der Waals surface area contributed by atoms with Gasteiger partial charge in [-0.15, -0.1) is 0 Å². The van der Waals surface area contributed by atoms with Gasteiger partial charge in [-0.05, 0) is 61.7 Å². The van der Waals surface area contributed by atoms with Crippen LogP contribution in [0.2, 0.25) is 0 Å². The molecule has 1 N–H and O–H groups in total. The van der Waals surface area contributed by atoms with Crippen LogP contribution in [0.5, 0.6) is 5.75 Å². The van der Waals surface area contributed by atoms with Gasteiger partial charge in [0.1, 0.15) is 11.6 Å². The molecule has 134 valence electrons. The van der Waals surface area contributed by atoms with E-state index in [0.717, 1.165) is 28.9 Å². The van der Waals surface area contributed by atoms with Gasteiger partial charge in [-0.3, -0.25) is 4.79 Å². The van der Waals surface area contributed by atoms with Crippen molar-refractivity contribution in [1.29, 1.82) is 0 Å². The molecule has 1 atom stereocenters. The number of carbonyl (C=O) groups excluding carboxylic acids is 1. The average molecular weight is 352 g/mol. The number of hydrogen-bond acceptors (Lipinski definition) is 2. The fourth-order valence-corrected chi connectivity index (χ4v) is 3.93. The fourth-order valence-electron chi connectivity index (χ4n) is 3.93. The summed E-state index contributed by atoms with van der Waals surface area (Å²) in [7, 11) is 1.66. The number of carbonyl (C=O) groups is 1. The number of hydrogen-bond donors (Lipinski definition) is 1. The third-order valence-corrected chi connectivity index (χ3v) is 5.31. The first-order chi connectivity index (χ1) is 12.5. The summed E-state index contributed by atoms with van der Waals surface area (Å²) >= 11 is 0. The van der Waals surface area contributed by atoms with Gasteiger partial charge in [0, 0.05) is 23.1 Å². The summed E-state index contributed by atoms with van der Waals surface area (Å²) < 4.78 is 19.0. The van der Waals surface area contributed by atoms with E-state index in [4.69, 9.17) is 4.74 Å². The second kappa shape index (κ2) is 6.16. The Bertz CT molecular complexity index is 1010. The highest BCUT2D eigenvalue weighted by Crippen LogP contribution is 2.34. The number of methoxy groups -OCH3 is 1. The fraction of sp³-hybridized carbons (Fsp3) is 0.286. The summed E-state index contributed by atoms with van der Waals surface area (Å²) in [6.45, 7) is 4.52. The zero-order valence-electron chi connectivity index (χ0n) is 15.1. The molecular weight excluding hydrogens is 331 g/mol. The second-order valence-corrected chi connectivity index (χ2v) is 6.80. The van der Waals surface area contributed by atoms with Crippen LogP contribution in [-0.2, 0) is 6.42 Å². The maximum atomic E-state index is 13.7. The normalized spacial score (nSPS) is 16.6. The number of nitrogens with zero attached hydrogens (tertiary/aromatic N) is 1. The number of ether oxygens (including phenoxy) is 1. The minimum absolute atomic E-state index is 0.0462. The molecule has 0 fully saturated rings. The van der Waals surface area contributed by atoms with E-state index in [1.165, 1.54) is 17.7 Å². The summed E-state index contributed by atoms with van der Waals surface area (Å²) in [5.74, 6) is 0.432. The molecule has 1 amide bonds. The van der Waals surface area contributed by atoms with Gasteiger partial charge in [0.25, 0.3) is 5.91 Å². The number of amides is 1. The van der Waals surface area contributed by atoms with Crippen molar-refractivity contribution in [3.63, 3.8) is 0 Å². The molecule has 26 heavy (non-hydrogen) atoms. The lowest BCUT2D eigenvalue weighted by Gasteiger charge is -2.35. The van der Waals surface area contributed by atoms with E-state index in [9.17, 15) is 9.18 Å². The lowest BCUT2D eigenvalue weighted by molar-refractivity contribution is 0.0679. The maximum absolute atomic E-state index is 13.7. The Labute approximate surface area is 151 Å². The molecule has 1 unspecified atom stereocenters. The number of fused-ring (bicyclic) bond motifs is 2. The predicted octanol–water partition coefficient (Wildman–Crippen LogP) is 4.38. The molecule has 1 aliphatic heterocycles. The van der Waals surface area contributed by atoms with E-state index in [-0.39, 0.29) is 17.8 Å². The molecule has 0 saturated carbocycles. The number of rotatable bonds is 2. The van der Waals surface area contributed by atoms with E-state index in [1.807, 2.05) is 36.9 Å². The molecule has 1 aromatic heterocycles. The monoisotopic (exact) mass is 352 g/mol. The van der Waals surface area contributed by atoms with Gasteiger partial charge >= 0.3 is 0 Å². The summed E-state index contributed by atoms with van der Waals surface area (Å²) in [6.07, 6.45) is 0.776. The molecule has 0 bridgehead atoms. The van der Waals surface area contributed by atoms with Gasteiger partial charge in [-0.25, -0.2) is 4.39 Å². The summed E-state index contributed by atoms with van der Waals surface area (Å²) in [6, 6.07) is 10.5. The van der Waals surface area contributed by atoms with Crippen LogP contribution in [0.1, 0.15) is 40.1 Å². The summed E-state index contributed by atoms with van der Waals surface area (Å²) in [4.78, 5) is 18.4. The molecule has 4 nitrogen and oxygen atoms in total. The number of nitrogens with one attached hydrogen (secondary N) is 1. The van der Waals surface area contributed by atoms with Crippen LogP contribution in [-0.4, -0.2) is 29.4 Å². The minimum Gasteiger partial charge on any atom is -0.497 e. The molecule has 2 aromatic carbocycles. The quantitative estimate of drug-likeness (QED) is 0.744. The molecule has 5 heteroatoms. The average Bonchev–Trinajstić information content (AvgIpc) is 2.96. The van der Waals surface area contributed by atoms with Crippen LogP contribution in [0.3, 0.4) is 0 Å². The number of halogens is 1. The van der Waals surface area contributed by atoms with Gasteiger partial charge in [-0.1, -0.05) is 6.07 Å². The van der Waals surface area contributed by atoms with E-state index in [1.54, 1.807) is 13.2 Å². The Morgan fingerprint density at radius 3 is 2.85 bits per heavy atom. The van der Waals surface area contributed by atoms with Crippen LogP contribution in [0.25, 0.3) is 10.9 Å². The number of aryl methyl sites for hydroxylation is 1. The van der Waals surface area contributed by atoms with Crippen molar-refractivity contribution >= 4 is 16.8 Å². The van der Waals surface area contributed by atoms with Crippen LogP contribution < -0.4 is 4.74 Å². The largest absolute Gasteiger partial charge is 0.497 e. The minimum atomic E-state index is -0.338. The van der Waals surface area contributed by atoms with Crippen molar-refractivity contribution in [1.82, 2.24) is 9.88 Å². The van der Waals surface area contributed by atoms with Crippen molar-refractivity contribution in [3.05, 3.63) is 64.6 Å². The lowest BCUT2D eigenvalue weighted by atomic mass is 9.92. The molecule has 1 aliphatic rings. The van der Waals surface area contributed by atoms with E-state index < -0.39 is 0 Å². The Balaban J connectivity index is 1.73. The molecular formula is C21H21FN2O2. The van der Waals surface area contributed by atoms with Crippen molar-refractivity contribution in [2.24, 2.45) is 0 Å². The zero-order chi connectivity index (χ0) is 18.4. The molecule has 0 radical (unpaired) electrons. The van der Waals surface area contributed by atoms with Crippen molar-refractivity contribution in [3.8, 4) is 5.75 Å². The van der Waals surface area contributed by atoms with Gasteiger partial charge in [0.05, 0.1) is 18.7 Å². The first kappa shape index (κ1) is 16.6. The van der Waals surface area contributed by atoms with E-state index in [0.29, 0.717) is 17.5 Å². The van der Waals surface area contributed by atoms with Crippen LogP contribution in [0, 0.1) is 12.7 Å². The highest BCUT2D eigenvalue weighted by atomic mass is 19.1. The Morgan fingerprint density at radius 1 is 1.27 bits per heavy atom. The molecule has 0 aliphatic carbocycles. The maximum Gasteiger partial charge on any atom is 0.256 e. The Hall–Kier alpha value is -2.82. The van der Waals surface area contributed by atoms with Gasteiger partial charge in [-0.2, -0.15) is 0 Å². The van der Waals surface area contributed by atoms with Crippen molar-refractivity contribution in [2.45, 2.75) is 26.3 Å². The number of aromatic nitrogens is 1. The van der Waals surface area contributed by atoms with Crippen molar-refractivity contribution < 1.29 is 13.9 Å². The van der Waals surface area contributed by atoms with Crippen molar-refractivity contribution in [2.75, 3.05) is 13.7 Å². The predicted molar refractivity (Wildman–Crippen MR) is 99.1 cm³/mol. The molecule has 4 rings (SSSR count). The van der Waals surface area contributed by atoms with E-state index >= 15 is 0 Å². The van der Waals surface area contributed by atoms with Gasteiger partial charge in [0.15, 0.2) is 0 Å². The second-order valence-electron chi connectivity index (χ2n) is 6.80. The van der Waals surface area contributed by atoms with Crippen LogP contribution in [0.15, 0.2) is 36.4 Å². The highest BCUT2D eigenvalue weighted by Gasteiger charge is 2.30. The Kier molecular flexibility index (Phi) is 3.94. The first-order valence-electron chi connectivity index (χ1n) is 8.75. The smallest absolute Gasteiger partial charge is 0.256 e. The van der Waals surface area contributed by atoms with Gasteiger partial charge in [0.2, 0.25) is 0 Å². The molecule has 3 aromatic rings. The topological polar surface area (TPSA) is 45.3 Å². The third-order valence-electron chi connectivity index (χ3n) is 5.31. The Morgan fingerprint density at radius 2 is 2.08 bits per heavy atom. The summed E-state index contributed by atoms with van der Waals surface area (Å²) in [5.41, 5.74) is 4.45. The number of benzene rings is 2. The zero-order valence-corrected chi connectivity index (χ0v) is 15.1. The third kappa shape index (κ3) is 2.55. The van der Waals surface area contributed by atoms with Crippen LogP contribution in [0.4, 0.5) is 4.39 Å². The van der Waals surface area contributed by atoms with Crippen LogP contribution >= 0.6 is 0 Å². The molecule has 0 spiro atoms. The number of H-pyrrole nitrogens is 1.